The summed E-state index contributed by atoms with van der Waals surface area (Å²) in [7, 11) is -5.05. The molecule has 800 valence electrons. The highest BCUT2D eigenvalue weighted by Gasteiger charge is 2.59. The minimum atomic E-state index is -5.95. The zero-order valence-electron chi connectivity index (χ0n) is 78.4. The van der Waals surface area contributed by atoms with E-state index in [1.807, 2.05) is 0 Å². The van der Waals surface area contributed by atoms with Gasteiger partial charge in [0.25, 0.3) is 11.1 Å². The van der Waals surface area contributed by atoms with Crippen LogP contribution >= 0.6 is 48.1 Å². The third-order valence-electron chi connectivity index (χ3n) is 23.5. The lowest BCUT2D eigenvalue weighted by molar-refractivity contribution is -0.0850. The second-order valence-electron chi connectivity index (χ2n) is 33.2. The van der Waals surface area contributed by atoms with Crippen molar-refractivity contribution < 1.29 is 159 Å². The number of nitrogens with two attached hydrogens (primary N) is 5. The summed E-state index contributed by atoms with van der Waals surface area (Å²) >= 11 is 15.8. The average Bonchev–Trinajstić information content (AvgIpc) is 1.60. The first-order valence-electron chi connectivity index (χ1n) is 44.1. The number of nitrogens with one attached hydrogen (secondary N) is 2. The summed E-state index contributed by atoms with van der Waals surface area (Å²) in [5, 5.41) is 11.8. The van der Waals surface area contributed by atoms with E-state index in [9.17, 15) is 48.7 Å². The zero-order chi connectivity index (χ0) is 104. The molecule has 70 heteroatoms. The van der Waals surface area contributed by atoms with Gasteiger partial charge in [-0.15, -0.1) is 0 Å². The van der Waals surface area contributed by atoms with E-state index in [-0.39, 0.29) is 140 Å². The highest BCUT2D eigenvalue weighted by atomic mass is 32.7. The molecule has 0 aromatic carbocycles. The first-order chi connectivity index (χ1) is 69.0. The number of thiol groups is 1. The standard InChI is InChI=1S/C75H108N23O39P5S3/c1-34-21-93(73(102)88-58(34)76)68-54(118-16-11-113-6)49(40(129-68)25-122-138(105,106)135-50-42(131-71(55(50)119-17-12-114-7)98-33-87-47-64(98)90-72(80)91-66(47)101)27-125-140(109,143)133-38-20-44(127-37(38)4)96-31-85-45-60(78)81-29-83-62(45)96)134-139(107,108)123-26-41-51(56(120-18-13-115-8)69(130-41)94-22-35(2)59(77)89-74(94)103)136-142(111,145)126-28-43-52(57(121-19-14-116-9)70(132-43)97-32-86-46-61(79)82-30-84-63(46)97)137-141(110,144)124-24-39-48(99)53(117-15-10-112-5)67(128-39)95-23-36(3)65(100)92-75(95)104/h21-23,29-33,37-44,48-57,67-71,99H,10-20,24-28H2,1-9H3,(H,105,106)(H,107,108)(H,109,143)(H,110,144)(H,111,145)(H2,76,88,102)(H2,77,89,103)(H2,78,81,83)(H2,79,82,84)(H,92,100,104)(H3,80,90,91,101)/t37-,38?,39-,40-,41-,42-,43-,44-,48?,49?,50?,51?,52?,53+,54+,55+,56+,57+,67-,68-,69-,70-,71-,140?,141?,142?/m1/s1. The Labute approximate surface area is 834 Å². The fourth-order valence-electron chi connectivity index (χ4n) is 16.5. The van der Waals surface area contributed by atoms with Crippen molar-refractivity contribution in [1.82, 2.24) is 87.2 Å². The summed E-state index contributed by atoms with van der Waals surface area (Å²) in [4.78, 5) is 163. The molecule has 0 amide bonds. The van der Waals surface area contributed by atoms with Gasteiger partial charge in [-0.2, -0.15) is 15.0 Å². The quantitative estimate of drug-likeness (QED) is 0.0120. The number of fused-ring (bicyclic) bond motifs is 3. The number of aliphatic hydroxyl groups is 1. The van der Waals surface area contributed by atoms with E-state index in [1.165, 1.54) is 103 Å². The van der Waals surface area contributed by atoms with E-state index in [0.29, 0.717) is 5.65 Å². The molecule has 6 aliphatic rings. The van der Waals surface area contributed by atoms with Crippen LogP contribution in [0.3, 0.4) is 0 Å². The van der Waals surface area contributed by atoms with Crippen molar-refractivity contribution in [2.75, 3.05) is 163 Å². The number of anilines is 5. The zero-order valence-corrected chi connectivity index (χ0v) is 85.4. The molecule has 6 aliphatic heterocycles. The van der Waals surface area contributed by atoms with Crippen molar-refractivity contribution in [3.05, 3.63) is 119 Å². The van der Waals surface area contributed by atoms with Gasteiger partial charge in [0.2, 0.25) is 5.95 Å². The number of ether oxygens (including phenoxy) is 16. The first-order valence-corrected chi connectivity index (χ1v) is 54.9. The van der Waals surface area contributed by atoms with Gasteiger partial charge in [0, 0.05) is 77.3 Å². The van der Waals surface area contributed by atoms with Crippen LogP contribution in [0.2, 0.25) is 0 Å². The molecule has 0 radical (unpaired) electrons. The number of nitrogens with zero attached hydrogens (tertiary/aromatic N) is 16. The Morgan fingerprint density at radius 2 is 0.793 bits per heavy atom. The van der Waals surface area contributed by atoms with Crippen LogP contribution in [0, 0.1) is 20.8 Å². The fourth-order valence-corrected chi connectivity index (χ4v) is 22.9. The predicted octanol–water partition coefficient (Wildman–Crippen LogP) is -1.31. The lowest BCUT2D eigenvalue weighted by atomic mass is 10.1. The number of hydrogen-bond donors (Lipinski definition) is 13. The van der Waals surface area contributed by atoms with Crippen molar-refractivity contribution in [2.45, 2.75) is 175 Å². The molecule has 0 aliphatic carbocycles. The summed E-state index contributed by atoms with van der Waals surface area (Å²) in [6.07, 6.45) is -26.9. The average molecular weight is 2210 g/mol. The second-order valence-corrected chi connectivity index (χ2v) is 44.4. The second kappa shape index (κ2) is 47.7. The number of nitrogen functional groups attached to an aromatic ring is 5. The number of hydrogen-bond acceptors (Lipinski definition) is 52. The van der Waals surface area contributed by atoms with Crippen molar-refractivity contribution in [1.29, 1.82) is 0 Å². The topological polar surface area (TPSA) is 798 Å². The Bertz CT molecular complexity index is 6620. The number of aromatic amines is 2. The van der Waals surface area contributed by atoms with Gasteiger partial charge in [0.05, 0.1) is 130 Å². The van der Waals surface area contributed by atoms with E-state index in [0.717, 1.165) is 26.4 Å². The van der Waals surface area contributed by atoms with Gasteiger partial charge in [-0.25, -0.2) is 63.0 Å². The van der Waals surface area contributed by atoms with Crippen molar-refractivity contribution in [3.8, 4) is 0 Å². The van der Waals surface area contributed by atoms with Gasteiger partial charge in [0.15, 0.2) is 65.2 Å². The molecular formula is C75H108N23O39P5S3. The highest BCUT2D eigenvalue weighted by Crippen LogP contribution is 2.60. The van der Waals surface area contributed by atoms with E-state index < -0.39 is 245 Å². The predicted molar refractivity (Wildman–Crippen MR) is 505 cm³/mol. The smallest absolute Gasteiger partial charge is 0.387 e. The van der Waals surface area contributed by atoms with Crippen LogP contribution in [0.25, 0.3) is 33.5 Å². The van der Waals surface area contributed by atoms with Crippen LogP contribution in [0.4, 0.5) is 29.2 Å². The van der Waals surface area contributed by atoms with Crippen LogP contribution in [0.5, 0.6) is 0 Å². The van der Waals surface area contributed by atoms with Gasteiger partial charge in [-0.1, -0.05) is 12.2 Å². The van der Waals surface area contributed by atoms with Crippen LogP contribution in [0.15, 0.2) is 74.2 Å². The van der Waals surface area contributed by atoms with Gasteiger partial charge in [-0.05, 0) is 51.3 Å². The Morgan fingerprint density at radius 1 is 0.414 bits per heavy atom. The Kier molecular flexibility index (Phi) is 36.5. The minimum absolute atomic E-state index is 0.0238. The molecule has 17 N–H and O–H groups in total. The number of methoxy groups -OCH3 is 5. The number of aryl methyl sites for hydroxylation is 3. The monoisotopic (exact) mass is 2210 g/mol. The number of aliphatic hydroxyl groups excluding tert-OH is 1. The largest absolute Gasteiger partial charge is 0.472 e. The summed E-state index contributed by atoms with van der Waals surface area (Å²) in [6.45, 7) is -15.6. The van der Waals surface area contributed by atoms with Crippen molar-refractivity contribution in [3.63, 3.8) is 0 Å². The van der Waals surface area contributed by atoms with E-state index in [1.54, 1.807) is 11.5 Å². The Morgan fingerprint density at radius 3 is 1.27 bits per heavy atom. The fraction of sp³-hybridized carbons (Fsp3) is 0.640. The molecule has 6 fully saturated rings. The van der Waals surface area contributed by atoms with E-state index in [2.05, 4.69) is 72.1 Å². The molecule has 28 atom stereocenters. The maximum absolute atomic E-state index is 15.6. The molecule has 145 heavy (non-hydrogen) atoms. The molecule has 9 aromatic rings. The molecule has 6 saturated heterocycles. The minimum Gasteiger partial charge on any atom is -0.387 e. The lowest BCUT2D eigenvalue weighted by Gasteiger charge is -2.30. The lowest BCUT2D eigenvalue weighted by Crippen LogP contribution is -2.41. The van der Waals surface area contributed by atoms with Crippen molar-refractivity contribution in [2.24, 2.45) is 0 Å². The van der Waals surface area contributed by atoms with E-state index in [4.69, 9.17) is 173 Å². The van der Waals surface area contributed by atoms with Crippen LogP contribution in [-0.2, 0) is 158 Å². The normalized spacial score (nSPS) is 29.2. The molecule has 15 rings (SSSR count). The van der Waals surface area contributed by atoms with Gasteiger partial charge in [-0.3, -0.25) is 78.6 Å². The molecule has 15 heterocycles. The van der Waals surface area contributed by atoms with E-state index >= 15 is 13.7 Å². The number of imidazole rings is 3. The number of phosphoric ester groups is 2. The maximum Gasteiger partial charge on any atom is 0.472 e. The van der Waals surface area contributed by atoms with Crippen LogP contribution in [-0.4, -0.2) is 350 Å². The van der Waals surface area contributed by atoms with Gasteiger partial charge in [0.1, 0.15) is 133 Å². The SMILES string of the molecule is COCCO[C@H]1C(O)[C@@H](COP(O)(=S)OC2[C@@H](COP(=O)(S)OC3[C@@H](COP(=O)(O)OC4[C@@H](COP(=O)(O)OC5[C@@H](COP(O)(=S)OC6C[C@H](n7cnc8c(N)ncnc87)O[C@@H]6C)O[C@@H](n6cnc7c(=O)[nH]c(N)nc76)[C@H]5OCCOC)O[C@@H](n5cc(C)c(N)nc5=O)[C@H]4OCCOC)O[C@@H](n4cc(C)c(N)nc4=O)[C@H]3OCCOC)O[C@@H](n3cnc4c(N)ncnc43)[C@H]2OCCOC)O[C@H]1n1cc(C)c(=O)[nH]c1=O. The number of phosphoric acid groups is 2. The number of aromatic nitrogens is 18. The first kappa shape index (κ1) is 111. The Hall–Kier alpha value is -8.01. The third-order valence-corrected chi connectivity index (χ3v) is 30.2. The summed E-state index contributed by atoms with van der Waals surface area (Å²) in [5.41, 5.74) is 26.8. The summed E-state index contributed by atoms with van der Waals surface area (Å²) in [6, 6.07) is 0. The molecule has 0 bridgehead atoms. The maximum atomic E-state index is 15.6. The third kappa shape index (κ3) is 25.9. The molecule has 0 spiro atoms. The molecule has 62 nitrogen and oxygen atoms in total. The molecule has 9 aromatic heterocycles. The van der Waals surface area contributed by atoms with Gasteiger partial charge < -0.3 is 143 Å². The molecule has 11 unspecified atom stereocenters. The Balaban J connectivity index is 0.717. The van der Waals surface area contributed by atoms with Crippen LogP contribution < -0.4 is 56.9 Å². The summed E-state index contributed by atoms with van der Waals surface area (Å²) in [5.74, 6) is -0.808. The molecule has 0 saturated carbocycles. The summed E-state index contributed by atoms with van der Waals surface area (Å²) < 4.78 is 210. The van der Waals surface area contributed by atoms with Crippen LogP contribution in [0.1, 0.15) is 67.4 Å². The van der Waals surface area contributed by atoms with Gasteiger partial charge >= 0.3 is 52.9 Å². The molecular weight excluding hydrogens is 2100 g/mol. The number of H-pyrrole nitrogens is 2. The van der Waals surface area contributed by atoms with Crippen molar-refractivity contribution >= 4 is 134 Å². The highest BCUT2D eigenvalue weighted by molar-refractivity contribution is 8.44. The number of rotatable bonds is 51.